The monoisotopic (exact) mass is 521 g/mol. The Bertz CT molecular complexity index is 940. The number of nitrogens with one attached hydrogen (secondary N) is 1. The molecule has 0 aromatic rings. The zero-order chi connectivity index (χ0) is 26.3. The second-order valence-corrected chi connectivity index (χ2v) is 12.3. The van der Waals surface area contributed by atoms with Gasteiger partial charge in [-0.25, -0.2) is 9.59 Å². The van der Waals surface area contributed by atoms with E-state index in [-0.39, 0.29) is 35.3 Å². The predicted octanol–water partition coefficient (Wildman–Crippen LogP) is 5.39. The lowest BCUT2D eigenvalue weighted by Gasteiger charge is -2.58. The molecule has 4 aliphatic carbocycles. The summed E-state index contributed by atoms with van der Waals surface area (Å²) in [4.78, 5) is 48.0. The summed E-state index contributed by atoms with van der Waals surface area (Å²) in [6.45, 7) is 8.04. The van der Waals surface area contributed by atoms with Crippen molar-refractivity contribution in [2.24, 2.45) is 39.8 Å². The van der Waals surface area contributed by atoms with Gasteiger partial charge >= 0.3 is 12.0 Å². The van der Waals surface area contributed by atoms with Crippen LogP contribution in [0.3, 0.4) is 0 Å². The lowest BCUT2D eigenvalue weighted by atomic mass is 9.47. The Balaban J connectivity index is 1.39. The van der Waals surface area contributed by atoms with Crippen LogP contribution >= 0.6 is 11.6 Å². The van der Waals surface area contributed by atoms with Crippen molar-refractivity contribution in [3.05, 3.63) is 16.6 Å². The van der Waals surface area contributed by atoms with E-state index in [0.29, 0.717) is 28.5 Å². The molecule has 0 heterocycles. The minimum atomic E-state index is -0.900. The van der Waals surface area contributed by atoms with E-state index in [1.165, 1.54) is 12.5 Å². The third-order valence-electron chi connectivity index (χ3n) is 10.2. The number of amides is 2. The fraction of sp³-hybridized carbons (Fsp3) is 0.815. The lowest BCUT2D eigenvalue weighted by Crippen LogP contribution is -2.51. The number of ether oxygens (including phenoxy) is 1. The molecule has 4 rings (SSSR count). The van der Waals surface area contributed by atoms with E-state index >= 15 is 0 Å². The molecule has 8 atom stereocenters. The second-order valence-electron chi connectivity index (χ2n) is 11.9. The van der Waals surface area contributed by atoms with E-state index in [1.54, 1.807) is 6.92 Å². The van der Waals surface area contributed by atoms with Gasteiger partial charge in [-0.2, -0.15) is 5.01 Å². The molecule has 9 heteroatoms. The molecule has 0 aromatic carbocycles. The molecule has 2 amide bonds. The quantitative estimate of drug-likeness (QED) is 0.159. The average molecular weight is 522 g/mol. The van der Waals surface area contributed by atoms with Crippen LogP contribution in [-0.2, 0) is 14.3 Å². The topological polar surface area (TPSA) is 105 Å². The summed E-state index contributed by atoms with van der Waals surface area (Å²) >= 11 is 5.58. The van der Waals surface area contributed by atoms with E-state index < -0.39 is 18.0 Å². The number of nitroso groups, excluding NO2 is 1. The number of allylic oxidation sites excluding steroid dienone is 1. The normalized spacial score (nSPS) is 37.9. The Labute approximate surface area is 218 Å². The van der Waals surface area contributed by atoms with Gasteiger partial charge in [0.15, 0.2) is 0 Å². The van der Waals surface area contributed by atoms with Gasteiger partial charge in [-0.3, -0.25) is 4.79 Å². The first kappa shape index (κ1) is 27.1. The van der Waals surface area contributed by atoms with Crippen molar-refractivity contribution in [2.45, 2.75) is 91.2 Å². The summed E-state index contributed by atoms with van der Waals surface area (Å²) in [6, 6.07) is -1.67. The molecular formula is C27H40ClN3O5. The Morgan fingerprint density at radius 1 is 1.19 bits per heavy atom. The van der Waals surface area contributed by atoms with Crippen molar-refractivity contribution in [2.75, 3.05) is 12.4 Å². The van der Waals surface area contributed by atoms with E-state index in [9.17, 15) is 19.3 Å². The maximum atomic E-state index is 12.7. The van der Waals surface area contributed by atoms with Gasteiger partial charge in [-0.15, -0.1) is 16.5 Å². The molecule has 0 aromatic heterocycles. The number of fused-ring (bicyclic) bond motifs is 5. The fourth-order valence-electron chi connectivity index (χ4n) is 8.24. The van der Waals surface area contributed by atoms with Crippen LogP contribution in [0.5, 0.6) is 0 Å². The molecule has 3 saturated carbocycles. The summed E-state index contributed by atoms with van der Waals surface area (Å²) in [5, 5.41) is 5.76. The van der Waals surface area contributed by atoms with Crippen LogP contribution in [0, 0.1) is 39.4 Å². The molecule has 3 fully saturated rings. The summed E-state index contributed by atoms with van der Waals surface area (Å²) in [5.41, 5.74) is 1.65. The van der Waals surface area contributed by atoms with Crippen LogP contribution in [-0.4, -0.2) is 47.4 Å². The molecule has 0 saturated heterocycles. The van der Waals surface area contributed by atoms with Gasteiger partial charge in [0.2, 0.25) is 0 Å². The third kappa shape index (κ3) is 4.70. The molecule has 8 nitrogen and oxygen atoms in total. The highest BCUT2D eigenvalue weighted by atomic mass is 35.5. The molecule has 1 N–H and O–H groups in total. The van der Waals surface area contributed by atoms with E-state index in [4.69, 9.17) is 16.3 Å². The second kappa shape index (κ2) is 10.4. The van der Waals surface area contributed by atoms with Crippen LogP contribution in [0.4, 0.5) is 4.79 Å². The molecule has 0 bridgehead atoms. The SMILES string of the molecule is CC(=O)[C@H]1CCC2C3CC=C4CC(OC(=O)[C@H](C)NC(=O)N(CCCl)N=O)CC[C@]4(C)C3CC[C@@]21C. The number of halogens is 1. The average Bonchev–Trinajstić information content (AvgIpc) is 3.20. The Hall–Kier alpha value is -1.96. The van der Waals surface area contributed by atoms with Crippen LogP contribution < -0.4 is 5.32 Å². The number of alkyl halides is 1. The maximum absolute atomic E-state index is 12.7. The highest BCUT2D eigenvalue weighted by Crippen LogP contribution is 2.66. The summed E-state index contributed by atoms with van der Waals surface area (Å²) < 4.78 is 5.80. The molecule has 4 aliphatic rings. The predicted molar refractivity (Wildman–Crippen MR) is 137 cm³/mol. The number of esters is 1. The minimum Gasteiger partial charge on any atom is -0.461 e. The Morgan fingerprint density at radius 3 is 2.61 bits per heavy atom. The van der Waals surface area contributed by atoms with Crippen LogP contribution in [0.1, 0.15) is 79.1 Å². The molecule has 4 unspecified atom stereocenters. The van der Waals surface area contributed by atoms with Gasteiger partial charge in [-0.1, -0.05) is 25.5 Å². The molecule has 0 aliphatic heterocycles. The van der Waals surface area contributed by atoms with Crippen molar-refractivity contribution < 1.29 is 19.1 Å². The van der Waals surface area contributed by atoms with Gasteiger partial charge in [0.25, 0.3) is 0 Å². The lowest BCUT2D eigenvalue weighted by molar-refractivity contribution is -0.153. The Kier molecular flexibility index (Phi) is 7.84. The number of hydrogen-bond acceptors (Lipinski definition) is 6. The maximum Gasteiger partial charge on any atom is 0.341 e. The van der Waals surface area contributed by atoms with Gasteiger partial charge < -0.3 is 10.1 Å². The van der Waals surface area contributed by atoms with Gasteiger partial charge in [0.1, 0.15) is 17.9 Å². The van der Waals surface area contributed by atoms with Crippen molar-refractivity contribution >= 4 is 29.4 Å². The van der Waals surface area contributed by atoms with Gasteiger partial charge in [0, 0.05) is 18.2 Å². The molecule has 36 heavy (non-hydrogen) atoms. The first-order valence-electron chi connectivity index (χ1n) is 13.4. The number of urea groups is 1. The van der Waals surface area contributed by atoms with Crippen molar-refractivity contribution in [3.8, 4) is 0 Å². The molecule has 0 spiro atoms. The van der Waals surface area contributed by atoms with Crippen LogP contribution in [0.2, 0.25) is 0 Å². The first-order valence-corrected chi connectivity index (χ1v) is 14.0. The number of carbonyl (C=O) groups is 3. The zero-order valence-electron chi connectivity index (χ0n) is 21.9. The molecule has 0 radical (unpaired) electrons. The summed E-state index contributed by atoms with van der Waals surface area (Å²) in [5.74, 6) is 1.96. The smallest absolute Gasteiger partial charge is 0.341 e. The van der Waals surface area contributed by atoms with Crippen LogP contribution in [0.25, 0.3) is 0 Å². The van der Waals surface area contributed by atoms with Crippen molar-refractivity contribution in [1.82, 2.24) is 10.3 Å². The number of rotatable bonds is 7. The summed E-state index contributed by atoms with van der Waals surface area (Å²) in [7, 11) is 0. The third-order valence-corrected chi connectivity index (χ3v) is 10.3. The highest BCUT2D eigenvalue weighted by Gasteiger charge is 2.59. The molecular weight excluding hydrogens is 482 g/mol. The zero-order valence-corrected chi connectivity index (χ0v) is 22.7. The van der Waals surface area contributed by atoms with E-state index in [1.807, 2.05) is 0 Å². The Morgan fingerprint density at radius 2 is 1.94 bits per heavy atom. The van der Waals surface area contributed by atoms with Gasteiger partial charge in [0.05, 0.1) is 11.8 Å². The summed E-state index contributed by atoms with van der Waals surface area (Å²) in [6.07, 6.45) is 10.2. The largest absolute Gasteiger partial charge is 0.461 e. The first-order chi connectivity index (χ1) is 17.0. The molecule has 200 valence electrons. The van der Waals surface area contributed by atoms with Gasteiger partial charge in [-0.05, 0) is 87.4 Å². The number of carbonyl (C=O) groups excluding carboxylic acids is 3. The standard InChI is InChI=1S/C27H40ClN3O5/c1-16(29-25(34)31(30-35)14-13-28)24(33)36-19-9-11-26(3)18(15-19)5-6-20-22-8-7-21(17(2)32)27(22,4)12-10-23(20)26/h5,16,19-23H,6-15H2,1-4H3,(H,29,34)/t16-,19?,20?,21+,22?,23?,26-,27+/m0/s1. The van der Waals surface area contributed by atoms with E-state index in [2.05, 4.69) is 30.5 Å². The number of hydrogen-bond donors (Lipinski definition) is 1. The minimum absolute atomic E-state index is 0.0361. The highest BCUT2D eigenvalue weighted by molar-refractivity contribution is 6.18. The number of ketones is 1. The fourth-order valence-corrected chi connectivity index (χ4v) is 8.40. The van der Waals surface area contributed by atoms with E-state index in [0.717, 1.165) is 51.4 Å². The number of nitrogens with zero attached hydrogens (tertiary/aromatic N) is 2. The number of Topliss-reactive ketones (excluding diaryl/α,β-unsaturated/α-hetero) is 1. The van der Waals surface area contributed by atoms with Crippen molar-refractivity contribution in [3.63, 3.8) is 0 Å². The van der Waals surface area contributed by atoms with Crippen molar-refractivity contribution in [1.29, 1.82) is 0 Å². The van der Waals surface area contributed by atoms with Crippen LogP contribution in [0.15, 0.2) is 16.9 Å².